The molecule has 112 valence electrons. The molecule has 1 aliphatic rings. The number of halogens is 1. The average molecular weight is 405 g/mol. The van der Waals surface area contributed by atoms with Crippen LogP contribution in [0.4, 0.5) is 10.5 Å². The largest absolute Gasteiger partial charge is 0.364 e. The molecule has 22 heavy (non-hydrogen) atoms. The van der Waals surface area contributed by atoms with Gasteiger partial charge in [0, 0.05) is 23.4 Å². The molecule has 3 rings (SSSR count). The molecule has 0 bridgehead atoms. The first kappa shape index (κ1) is 15.0. The smallest absolute Gasteiger partial charge is 0.350 e. The molecule has 1 atom stereocenters. The van der Waals surface area contributed by atoms with Gasteiger partial charge in [-0.3, -0.25) is 4.90 Å². The van der Waals surface area contributed by atoms with Gasteiger partial charge in [-0.15, -0.1) is 0 Å². The molecule has 0 aliphatic carbocycles. The molecular formula is C17H16IN3O. The van der Waals surface area contributed by atoms with Crippen LogP contribution in [0.15, 0.2) is 59.6 Å². The van der Waals surface area contributed by atoms with E-state index in [1.807, 2.05) is 73.6 Å². The Morgan fingerprint density at radius 2 is 1.68 bits per heavy atom. The number of urea groups is 1. The number of nitrogens with zero attached hydrogens (tertiary/aromatic N) is 3. The quantitative estimate of drug-likeness (QED) is 0.710. The molecule has 4 nitrogen and oxygen atoms in total. The van der Waals surface area contributed by atoms with Crippen molar-refractivity contribution in [3.8, 4) is 0 Å². The summed E-state index contributed by atoms with van der Waals surface area (Å²) in [5.41, 5.74) is 1.92. The van der Waals surface area contributed by atoms with Crippen molar-refractivity contribution in [2.75, 3.05) is 19.0 Å². The molecule has 0 radical (unpaired) electrons. The first-order valence-electron chi connectivity index (χ1n) is 6.97. The van der Waals surface area contributed by atoms with E-state index >= 15 is 0 Å². The maximum atomic E-state index is 12.5. The fourth-order valence-corrected chi connectivity index (χ4v) is 2.94. The molecule has 1 aliphatic heterocycles. The van der Waals surface area contributed by atoms with E-state index in [0.717, 1.165) is 20.7 Å². The predicted molar refractivity (Wildman–Crippen MR) is 97.3 cm³/mol. The van der Waals surface area contributed by atoms with Crippen LogP contribution in [0.3, 0.4) is 0 Å². The summed E-state index contributed by atoms with van der Waals surface area (Å²) in [6.07, 6.45) is 0. The SMILES string of the molecule is CN(C)C1=NC(=O)N(c2ccc(I)cc2)C1c1ccccc1. The van der Waals surface area contributed by atoms with E-state index in [1.54, 1.807) is 4.90 Å². The van der Waals surface area contributed by atoms with Gasteiger partial charge in [-0.05, 0) is 52.4 Å². The normalized spacial score (nSPS) is 17.6. The zero-order valence-electron chi connectivity index (χ0n) is 12.4. The van der Waals surface area contributed by atoms with Crippen LogP contribution in [0.1, 0.15) is 11.6 Å². The van der Waals surface area contributed by atoms with Crippen LogP contribution in [0.5, 0.6) is 0 Å². The number of likely N-dealkylation sites (N-methyl/N-ethyl adjacent to an activating group) is 1. The maximum absolute atomic E-state index is 12.5. The van der Waals surface area contributed by atoms with Crippen molar-refractivity contribution in [3.05, 3.63) is 63.7 Å². The number of amides is 2. The van der Waals surface area contributed by atoms with E-state index < -0.39 is 0 Å². The maximum Gasteiger partial charge on any atom is 0.350 e. The number of rotatable bonds is 2. The molecule has 1 unspecified atom stereocenters. The third kappa shape index (κ3) is 2.72. The Kier molecular flexibility index (Phi) is 4.15. The fourth-order valence-electron chi connectivity index (χ4n) is 2.58. The fraction of sp³-hybridized carbons (Fsp3) is 0.176. The number of hydrogen-bond acceptors (Lipinski definition) is 2. The Morgan fingerprint density at radius 1 is 1.05 bits per heavy atom. The molecule has 1 heterocycles. The van der Waals surface area contributed by atoms with Gasteiger partial charge in [-0.25, -0.2) is 4.79 Å². The second kappa shape index (κ2) is 6.08. The van der Waals surface area contributed by atoms with Gasteiger partial charge in [0.05, 0.1) is 0 Å². The lowest BCUT2D eigenvalue weighted by Gasteiger charge is -2.28. The lowest BCUT2D eigenvalue weighted by atomic mass is 10.0. The van der Waals surface area contributed by atoms with Crippen LogP contribution < -0.4 is 4.90 Å². The van der Waals surface area contributed by atoms with Gasteiger partial charge in [0.2, 0.25) is 0 Å². The van der Waals surface area contributed by atoms with E-state index in [9.17, 15) is 4.79 Å². The van der Waals surface area contributed by atoms with Crippen LogP contribution >= 0.6 is 22.6 Å². The number of hydrogen-bond donors (Lipinski definition) is 0. The lowest BCUT2D eigenvalue weighted by molar-refractivity contribution is 0.255. The third-order valence-corrected chi connectivity index (χ3v) is 4.32. The highest BCUT2D eigenvalue weighted by atomic mass is 127. The van der Waals surface area contributed by atoms with Crippen molar-refractivity contribution in [1.82, 2.24) is 4.90 Å². The highest BCUT2D eigenvalue weighted by Crippen LogP contribution is 2.34. The number of carbonyl (C=O) groups is 1. The van der Waals surface area contributed by atoms with Crippen molar-refractivity contribution in [3.63, 3.8) is 0 Å². The molecule has 2 aromatic rings. The highest BCUT2D eigenvalue weighted by molar-refractivity contribution is 14.1. The van der Waals surface area contributed by atoms with Crippen LogP contribution in [0.2, 0.25) is 0 Å². The Bertz CT molecular complexity index is 710. The van der Waals surface area contributed by atoms with Crippen molar-refractivity contribution in [1.29, 1.82) is 0 Å². The Morgan fingerprint density at radius 3 is 2.27 bits per heavy atom. The molecular weight excluding hydrogens is 389 g/mol. The summed E-state index contributed by atoms with van der Waals surface area (Å²) in [6, 6.07) is 17.5. The van der Waals surface area contributed by atoms with Crippen LogP contribution in [-0.4, -0.2) is 30.9 Å². The Labute approximate surface area is 143 Å². The molecule has 5 heteroatoms. The number of aliphatic imine (C=N–C) groups is 1. The predicted octanol–water partition coefficient (Wildman–Crippen LogP) is 3.93. The molecule has 0 fully saturated rings. The Balaban J connectivity index is 2.08. The minimum atomic E-state index is -0.223. The van der Waals surface area contributed by atoms with Gasteiger partial charge in [0.25, 0.3) is 0 Å². The van der Waals surface area contributed by atoms with Gasteiger partial charge in [0.15, 0.2) is 0 Å². The third-order valence-electron chi connectivity index (χ3n) is 3.60. The van der Waals surface area contributed by atoms with E-state index in [4.69, 9.17) is 0 Å². The van der Waals surface area contributed by atoms with Gasteiger partial charge >= 0.3 is 6.03 Å². The summed E-state index contributed by atoms with van der Waals surface area (Å²) < 4.78 is 1.14. The minimum absolute atomic E-state index is 0.191. The van der Waals surface area contributed by atoms with E-state index in [1.165, 1.54) is 0 Å². The zero-order chi connectivity index (χ0) is 15.7. The van der Waals surface area contributed by atoms with Gasteiger partial charge in [-0.1, -0.05) is 30.3 Å². The van der Waals surface area contributed by atoms with Crippen molar-refractivity contribution >= 4 is 40.1 Å². The van der Waals surface area contributed by atoms with E-state index in [-0.39, 0.29) is 12.1 Å². The van der Waals surface area contributed by atoms with Crippen LogP contribution in [0.25, 0.3) is 0 Å². The molecule has 2 aromatic carbocycles. The van der Waals surface area contributed by atoms with E-state index in [0.29, 0.717) is 0 Å². The van der Waals surface area contributed by atoms with Gasteiger partial charge in [-0.2, -0.15) is 4.99 Å². The molecule has 2 amide bonds. The van der Waals surface area contributed by atoms with Crippen LogP contribution in [-0.2, 0) is 0 Å². The minimum Gasteiger partial charge on any atom is -0.364 e. The van der Waals surface area contributed by atoms with Crippen molar-refractivity contribution in [2.45, 2.75) is 6.04 Å². The molecule has 0 saturated carbocycles. The summed E-state index contributed by atoms with van der Waals surface area (Å²) in [5.74, 6) is 0.759. The highest BCUT2D eigenvalue weighted by Gasteiger charge is 2.38. The van der Waals surface area contributed by atoms with Crippen molar-refractivity contribution < 1.29 is 4.79 Å². The van der Waals surface area contributed by atoms with Gasteiger partial charge in [0.1, 0.15) is 11.9 Å². The zero-order valence-corrected chi connectivity index (χ0v) is 14.6. The number of carbonyl (C=O) groups excluding carboxylic acids is 1. The topological polar surface area (TPSA) is 35.9 Å². The van der Waals surface area contributed by atoms with Crippen LogP contribution in [0, 0.1) is 3.57 Å². The van der Waals surface area contributed by atoms with Gasteiger partial charge < -0.3 is 4.90 Å². The second-order valence-corrected chi connectivity index (χ2v) is 6.55. The molecule has 0 spiro atoms. The monoisotopic (exact) mass is 405 g/mol. The number of benzene rings is 2. The summed E-state index contributed by atoms with van der Waals surface area (Å²) in [6.45, 7) is 0. The molecule has 0 saturated heterocycles. The van der Waals surface area contributed by atoms with Crippen molar-refractivity contribution in [2.24, 2.45) is 4.99 Å². The first-order chi connectivity index (χ1) is 10.6. The molecule has 0 aromatic heterocycles. The molecule has 0 N–H and O–H groups in total. The first-order valence-corrected chi connectivity index (χ1v) is 8.05. The lowest BCUT2D eigenvalue weighted by Crippen LogP contribution is -2.35. The summed E-state index contributed by atoms with van der Waals surface area (Å²) >= 11 is 2.26. The average Bonchev–Trinajstić information content (AvgIpc) is 2.87. The number of amidine groups is 1. The summed E-state index contributed by atoms with van der Waals surface area (Å²) in [5, 5.41) is 0. The standard InChI is InChI=1S/C17H16IN3O/c1-20(2)16-15(12-6-4-3-5-7-12)21(17(22)19-16)14-10-8-13(18)9-11-14/h3-11,15H,1-2H3. The number of anilines is 1. The van der Waals surface area contributed by atoms with E-state index in [2.05, 4.69) is 27.6 Å². The second-order valence-electron chi connectivity index (χ2n) is 5.31. The summed E-state index contributed by atoms with van der Waals surface area (Å²) in [7, 11) is 3.83. The summed E-state index contributed by atoms with van der Waals surface area (Å²) in [4.78, 5) is 20.4. The Hall–Kier alpha value is -1.89.